The third-order valence-electron chi connectivity index (χ3n) is 3.82. The Morgan fingerprint density at radius 1 is 1.41 bits per heavy atom. The Balaban J connectivity index is 1.54. The Labute approximate surface area is 139 Å². The molecule has 22 heavy (non-hydrogen) atoms. The lowest BCUT2D eigenvalue weighted by Gasteiger charge is -2.15. The third-order valence-corrected chi connectivity index (χ3v) is 5.87. The molecule has 3 nitrogen and oxygen atoms in total. The molecule has 116 valence electrons. The summed E-state index contributed by atoms with van der Waals surface area (Å²) in [4.78, 5) is 19.1. The number of amides is 1. The number of nitrogens with zero attached hydrogens (tertiary/aromatic N) is 1. The first-order valence-corrected chi connectivity index (χ1v) is 9.38. The van der Waals surface area contributed by atoms with Crippen LogP contribution in [0.2, 0.25) is 0 Å². The summed E-state index contributed by atoms with van der Waals surface area (Å²) in [5.41, 5.74) is 2.42. The van der Waals surface area contributed by atoms with Crippen LogP contribution in [0.5, 0.6) is 0 Å². The molecule has 0 radical (unpaired) electrons. The molecule has 2 aromatic rings. The SMILES string of the molecule is Cc1ccc(SCC(=O)Nc2nc3c(s2)CC(C)CC3)cc1. The van der Waals surface area contributed by atoms with Crippen LogP contribution in [-0.2, 0) is 17.6 Å². The van der Waals surface area contributed by atoms with Gasteiger partial charge in [-0.25, -0.2) is 4.98 Å². The molecule has 1 atom stereocenters. The van der Waals surface area contributed by atoms with Crippen molar-refractivity contribution in [2.24, 2.45) is 5.92 Å². The van der Waals surface area contributed by atoms with Crippen LogP contribution in [0.4, 0.5) is 5.13 Å². The highest BCUT2D eigenvalue weighted by Crippen LogP contribution is 2.32. The molecule has 0 bridgehead atoms. The van der Waals surface area contributed by atoms with E-state index in [9.17, 15) is 4.79 Å². The maximum Gasteiger partial charge on any atom is 0.236 e. The highest BCUT2D eigenvalue weighted by molar-refractivity contribution is 8.00. The van der Waals surface area contributed by atoms with Crippen molar-refractivity contribution < 1.29 is 4.79 Å². The van der Waals surface area contributed by atoms with Crippen molar-refractivity contribution in [3.05, 3.63) is 40.4 Å². The summed E-state index contributed by atoms with van der Waals surface area (Å²) in [6.07, 6.45) is 3.34. The van der Waals surface area contributed by atoms with Crippen molar-refractivity contribution in [1.29, 1.82) is 0 Å². The highest BCUT2D eigenvalue weighted by atomic mass is 32.2. The van der Waals surface area contributed by atoms with Gasteiger partial charge in [-0.2, -0.15) is 0 Å². The van der Waals surface area contributed by atoms with Crippen molar-refractivity contribution >= 4 is 34.1 Å². The van der Waals surface area contributed by atoms with Gasteiger partial charge in [0.2, 0.25) is 5.91 Å². The van der Waals surface area contributed by atoms with Gasteiger partial charge in [-0.1, -0.05) is 24.6 Å². The molecule has 1 N–H and O–H groups in total. The molecule has 0 saturated carbocycles. The Kier molecular flexibility index (Phi) is 4.84. The molecule has 1 aromatic carbocycles. The molecule has 1 aromatic heterocycles. The second-order valence-corrected chi connectivity index (χ2v) is 8.02. The van der Waals surface area contributed by atoms with Gasteiger partial charge in [-0.05, 0) is 44.2 Å². The van der Waals surface area contributed by atoms with Crippen LogP contribution in [0.25, 0.3) is 0 Å². The highest BCUT2D eigenvalue weighted by Gasteiger charge is 2.20. The smallest absolute Gasteiger partial charge is 0.236 e. The summed E-state index contributed by atoms with van der Waals surface area (Å²) in [5.74, 6) is 1.17. The molecule has 0 aliphatic heterocycles. The van der Waals surface area contributed by atoms with Gasteiger partial charge in [0, 0.05) is 9.77 Å². The predicted molar refractivity (Wildman–Crippen MR) is 93.8 cm³/mol. The van der Waals surface area contributed by atoms with E-state index in [0.717, 1.165) is 28.8 Å². The van der Waals surface area contributed by atoms with Crippen LogP contribution < -0.4 is 5.32 Å². The fourth-order valence-electron chi connectivity index (χ4n) is 2.53. The summed E-state index contributed by atoms with van der Waals surface area (Å²) in [6.45, 7) is 4.34. The number of fused-ring (bicyclic) bond motifs is 1. The number of nitrogens with one attached hydrogen (secondary N) is 1. The van der Waals surface area contributed by atoms with E-state index in [-0.39, 0.29) is 5.91 Å². The van der Waals surface area contributed by atoms with Gasteiger partial charge in [0.1, 0.15) is 0 Å². The van der Waals surface area contributed by atoms with Crippen molar-refractivity contribution in [2.45, 2.75) is 38.0 Å². The van der Waals surface area contributed by atoms with E-state index in [1.807, 2.05) is 0 Å². The van der Waals surface area contributed by atoms with Gasteiger partial charge in [-0.3, -0.25) is 4.79 Å². The second kappa shape index (κ2) is 6.84. The molecule has 1 unspecified atom stereocenters. The Morgan fingerprint density at radius 2 is 2.18 bits per heavy atom. The van der Waals surface area contributed by atoms with Crippen LogP contribution >= 0.6 is 23.1 Å². The predicted octanol–water partition coefficient (Wildman–Crippen LogP) is 4.31. The number of aryl methyl sites for hydroxylation is 2. The molecule has 0 fully saturated rings. The number of hydrogen-bond donors (Lipinski definition) is 1. The first kappa shape index (κ1) is 15.6. The van der Waals surface area contributed by atoms with Crippen LogP contribution in [0.1, 0.15) is 29.5 Å². The number of aromatic nitrogens is 1. The summed E-state index contributed by atoms with van der Waals surface area (Å²) >= 11 is 3.20. The van der Waals surface area contributed by atoms with E-state index in [2.05, 4.69) is 48.4 Å². The van der Waals surface area contributed by atoms with E-state index in [0.29, 0.717) is 5.75 Å². The fraction of sp³-hybridized carbons (Fsp3) is 0.412. The number of thiazole rings is 1. The van der Waals surface area contributed by atoms with Crippen molar-refractivity contribution in [1.82, 2.24) is 4.98 Å². The number of carbonyl (C=O) groups excluding carboxylic acids is 1. The van der Waals surface area contributed by atoms with Crippen LogP contribution in [0, 0.1) is 12.8 Å². The van der Waals surface area contributed by atoms with Gasteiger partial charge in [0.15, 0.2) is 5.13 Å². The zero-order chi connectivity index (χ0) is 15.5. The van der Waals surface area contributed by atoms with Crippen LogP contribution in [0.15, 0.2) is 29.2 Å². The van der Waals surface area contributed by atoms with Gasteiger partial charge in [0.25, 0.3) is 0 Å². The number of carbonyl (C=O) groups is 1. The lowest BCUT2D eigenvalue weighted by Crippen LogP contribution is -2.14. The molecule has 1 amide bonds. The number of anilines is 1. The molecular formula is C17H20N2OS2. The Bertz CT molecular complexity index is 664. The van der Waals surface area contributed by atoms with Crippen molar-refractivity contribution in [2.75, 3.05) is 11.1 Å². The van der Waals surface area contributed by atoms with Gasteiger partial charge in [0.05, 0.1) is 11.4 Å². The van der Waals surface area contributed by atoms with Gasteiger partial charge < -0.3 is 5.32 Å². The van der Waals surface area contributed by atoms with E-state index >= 15 is 0 Å². The molecular weight excluding hydrogens is 312 g/mol. The van der Waals surface area contributed by atoms with E-state index in [1.54, 1.807) is 23.1 Å². The summed E-state index contributed by atoms with van der Waals surface area (Å²) in [7, 11) is 0. The lowest BCUT2D eigenvalue weighted by atomic mass is 9.93. The number of rotatable bonds is 4. The first-order chi connectivity index (χ1) is 10.6. The summed E-state index contributed by atoms with van der Waals surface area (Å²) < 4.78 is 0. The minimum absolute atomic E-state index is 0.0183. The molecule has 0 saturated heterocycles. The minimum Gasteiger partial charge on any atom is -0.301 e. The summed E-state index contributed by atoms with van der Waals surface area (Å²) in [6, 6.07) is 8.24. The fourth-order valence-corrected chi connectivity index (χ4v) is 4.42. The number of benzene rings is 1. The van der Waals surface area contributed by atoms with Crippen molar-refractivity contribution in [3.63, 3.8) is 0 Å². The minimum atomic E-state index is 0.0183. The van der Waals surface area contributed by atoms with Crippen LogP contribution in [0.3, 0.4) is 0 Å². The van der Waals surface area contributed by atoms with E-state index in [4.69, 9.17) is 0 Å². The molecule has 0 spiro atoms. The Hall–Kier alpha value is -1.33. The Morgan fingerprint density at radius 3 is 2.95 bits per heavy atom. The van der Waals surface area contributed by atoms with E-state index < -0.39 is 0 Å². The zero-order valence-corrected chi connectivity index (χ0v) is 14.5. The average Bonchev–Trinajstić information content (AvgIpc) is 2.88. The largest absolute Gasteiger partial charge is 0.301 e. The quantitative estimate of drug-likeness (QED) is 0.849. The van der Waals surface area contributed by atoms with Gasteiger partial charge >= 0.3 is 0 Å². The molecule has 5 heteroatoms. The monoisotopic (exact) mass is 332 g/mol. The summed E-state index contributed by atoms with van der Waals surface area (Å²) in [5, 5.41) is 3.70. The average molecular weight is 332 g/mol. The maximum atomic E-state index is 12.1. The third kappa shape index (κ3) is 3.90. The zero-order valence-electron chi connectivity index (χ0n) is 12.9. The first-order valence-electron chi connectivity index (χ1n) is 7.58. The van der Waals surface area contributed by atoms with Gasteiger partial charge in [-0.15, -0.1) is 23.1 Å². The van der Waals surface area contributed by atoms with Crippen molar-refractivity contribution in [3.8, 4) is 0 Å². The molecule has 1 heterocycles. The lowest BCUT2D eigenvalue weighted by molar-refractivity contribution is -0.113. The number of thioether (sulfide) groups is 1. The molecule has 1 aliphatic carbocycles. The normalized spacial score (nSPS) is 17.1. The standard InChI is InChI=1S/C17H20N2OS2/c1-11-3-6-13(7-4-11)21-10-16(20)19-17-18-14-8-5-12(2)9-15(14)22-17/h3-4,6-7,12H,5,8-10H2,1-2H3,(H,18,19,20). The van der Waals surface area contributed by atoms with E-state index in [1.165, 1.54) is 22.6 Å². The van der Waals surface area contributed by atoms with Crippen LogP contribution in [-0.4, -0.2) is 16.6 Å². The molecule has 3 rings (SSSR count). The second-order valence-electron chi connectivity index (χ2n) is 5.89. The maximum absolute atomic E-state index is 12.1. The molecule has 1 aliphatic rings. The number of hydrogen-bond acceptors (Lipinski definition) is 4. The topological polar surface area (TPSA) is 42.0 Å².